The van der Waals surface area contributed by atoms with Crippen molar-refractivity contribution in [2.45, 2.75) is 85.1 Å². The van der Waals surface area contributed by atoms with Gasteiger partial charge in [-0.2, -0.15) is 0 Å². The van der Waals surface area contributed by atoms with Crippen molar-refractivity contribution in [3.05, 3.63) is 23.3 Å². The van der Waals surface area contributed by atoms with Gasteiger partial charge in [0.25, 0.3) is 0 Å². The number of carbonyl (C=O) groups is 2. The fourth-order valence-corrected chi connectivity index (χ4v) is 7.31. The van der Waals surface area contributed by atoms with Crippen LogP contribution in [0.25, 0.3) is 0 Å². The highest BCUT2D eigenvalue weighted by Gasteiger charge is 2.57. The summed E-state index contributed by atoms with van der Waals surface area (Å²) in [6.07, 6.45) is 12.3. The predicted molar refractivity (Wildman–Crippen MR) is 114 cm³/mol. The number of aliphatic carboxylic acids is 1. The summed E-state index contributed by atoms with van der Waals surface area (Å²) in [5, 5.41) is 12.9. The number of nitrogens with one attached hydrogen (secondary N) is 1. The molecule has 0 aromatic rings. The standard InChI is InChI=1S/C25H37NO3/c1-23(2,3)26-21(27)18-14-25(5)15(13-17(18)22(28)29)8-9-16-19-7-6-11-24(19,4)12-10-20(16)25/h8,13,16,18-20H,6-7,9-12,14H2,1-5H3,(H,26,27)(H,28,29)/t16-,18?,19-,20+,24-,25-/m0/s1. The summed E-state index contributed by atoms with van der Waals surface area (Å²) in [5.41, 5.74) is 1.44. The summed E-state index contributed by atoms with van der Waals surface area (Å²) in [6.45, 7) is 10.6. The van der Waals surface area contributed by atoms with Crippen molar-refractivity contribution in [3.8, 4) is 0 Å². The zero-order valence-corrected chi connectivity index (χ0v) is 18.7. The zero-order valence-electron chi connectivity index (χ0n) is 18.7. The first kappa shape index (κ1) is 20.7. The van der Waals surface area contributed by atoms with Crippen molar-refractivity contribution >= 4 is 11.9 Å². The molecule has 0 aliphatic heterocycles. The molecule has 1 unspecified atom stereocenters. The lowest BCUT2D eigenvalue weighted by molar-refractivity contribution is -0.137. The predicted octanol–water partition coefficient (Wildman–Crippen LogP) is 5.10. The molecule has 1 amide bonds. The quantitative estimate of drug-likeness (QED) is 0.679. The molecule has 4 nitrogen and oxygen atoms in total. The van der Waals surface area contributed by atoms with E-state index < -0.39 is 11.9 Å². The van der Waals surface area contributed by atoms with E-state index in [9.17, 15) is 14.7 Å². The Balaban J connectivity index is 1.70. The zero-order chi connectivity index (χ0) is 21.2. The molecule has 0 radical (unpaired) electrons. The van der Waals surface area contributed by atoms with Crippen molar-refractivity contribution in [2.75, 3.05) is 0 Å². The number of amides is 1. The fourth-order valence-electron chi connectivity index (χ4n) is 7.31. The number of carbonyl (C=O) groups excluding carboxylic acids is 1. The van der Waals surface area contributed by atoms with Gasteiger partial charge in [0, 0.05) is 11.1 Å². The summed E-state index contributed by atoms with van der Waals surface area (Å²) in [7, 11) is 0. The van der Waals surface area contributed by atoms with Crippen LogP contribution in [-0.4, -0.2) is 22.5 Å². The molecule has 4 aliphatic carbocycles. The normalized spacial score (nSPS) is 41.4. The Hall–Kier alpha value is -1.58. The Kier molecular flexibility index (Phi) is 4.79. The van der Waals surface area contributed by atoms with Crippen LogP contribution >= 0.6 is 0 Å². The van der Waals surface area contributed by atoms with Gasteiger partial charge in [0.1, 0.15) is 0 Å². The van der Waals surface area contributed by atoms with E-state index in [1.54, 1.807) is 0 Å². The van der Waals surface area contributed by atoms with Crippen LogP contribution in [0.5, 0.6) is 0 Å². The lowest BCUT2D eigenvalue weighted by Crippen LogP contribution is -2.52. The minimum atomic E-state index is -0.962. The Morgan fingerprint density at radius 2 is 1.86 bits per heavy atom. The molecule has 0 heterocycles. The van der Waals surface area contributed by atoms with E-state index in [4.69, 9.17) is 0 Å². The molecule has 2 fully saturated rings. The van der Waals surface area contributed by atoms with Gasteiger partial charge in [0.2, 0.25) is 5.91 Å². The van der Waals surface area contributed by atoms with Gasteiger partial charge < -0.3 is 10.4 Å². The number of allylic oxidation sites excluding steroid dienone is 3. The van der Waals surface area contributed by atoms with E-state index in [1.165, 1.54) is 32.1 Å². The summed E-state index contributed by atoms with van der Waals surface area (Å²) in [6, 6.07) is 0. The van der Waals surface area contributed by atoms with Crippen LogP contribution in [0.15, 0.2) is 23.3 Å². The monoisotopic (exact) mass is 399 g/mol. The van der Waals surface area contributed by atoms with E-state index in [1.807, 2.05) is 26.8 Å². The van der Waals surface area contributed by atoms with Gasteiger partial charge in [-0.15, -0.1) is 0 Å². The highest BCUT2D eigenvalue weighted by molar-refractivity contribution is 5.97. The van der Waals surface area contributed by atoms with Gasteiger partial charge in [-0.1, -0.05) is 26.3 Å². The SMILES string of the molecule is CC(C)(C)NC(=O)C1C[C@@]2(C)C(=CC[C@@H]3[C@H]2CC[C@]2(C)CCC[C@@H]32)C=C1C(=O)O. The molecule has 0 bridgehead atoms. The van der Waals surface area contributed by atoms with Crippen molar-refractivity contribution in [2.24, 2.45) is 34.5 Å². The average Bonchev–Trinajstić information content (AvgIpc) is 3.00. The fraction of sp³-hybridized carbons (Fsp3) is 0.760. The van der Waals surface area contributed by atoms with Gasteiger partial charge in [-0.05, 0) is 99.5 Å². The molecule has 0 saturated heterocycles. The largest absolute Gasteiger partial charge is 0.478 e. The number of carboxylic acid groups (broad SMARTS) is 1. The van der Waals surface area contributed by atoms with Crippen LogP contribution in [0.1, 0.15) is 79.6 Å². The van der Waals surface area contributed by atoms with Crippen LogP contribution in [0.3, 0.4) is 0 Å². The molecule has 0 aromatic heterocycles. The topological polar surface area (TPSA) is 66.4 Å². The van der Waals surface area contributed by atoms with Crippen LogP contribution in [0.2, 0.25) is 0 Å². The molecule has 0 aromatic carbocycles. The van der Waals surface area contributed by atoms with Crippen molar-refractivity contribution < 1.29 is 14.7 Å². The highest BCUT2D eigenvalue weighted by atomic mass is 16.4. The molecule has 4 rings (SSSR count). The molecule has 0 spiro atoms. The van der Waals surface area contributed by atoms with E-state index in [0.29, 0.717) is 23.7 Å². The maximum absolute atomic E-state index is 13.1. The minimum absolute atomic E-state index is 0.105. The maximum atomic E-state index is 13.1. The Labute approximate surface area is 175 Å². The number of fused-ring (bicyclic) bond motifs is 5. The second kappa shape index (κ2) is 6.72. The van der Waals surface area contributed by atoms with Crippen molar-refractivity contribution in [1.82, 2.24) is 5.32 Å². The van der Waals surface area contributed by atoms with Gasteiger partial charge >= 0.3 is 5.97 Å². The van der Waals surface area contributed by atoms with Crippen LogP contribution in [0.4, 0.5) is 0 Å². The molecule has 160 valence electrons. The molecule has 4 heteroatoms. The van der Waals surface area contributed by atoms with Crippen molar-refractivity contribution in [3.63, 3.8) is 0 Å². The summed E-state index contributed by atoms with van der Waals surface area (Å²) < 4.78 is 0. The number of carboxylic acids is 1. The number of hydrogen-bond acceptors (Lipinski definition) is 2. The van der Waals surface area contributed by atoms with E-state index in [-0.39, 0.29) is 22.4 Å². The first-order valence-electron chi connectivity index (χ1n) is 11.4. The molecule has 29 heavy (non-hydrogen) atoms. The number of rotatable bonds is 2. The molecule has 2 saturated carbocycles. The summed E-state index contributed by atoms with van der Waals surface area (Å²) in [5.74, 6) is 0.324. The lowest BCUT2D eigenvalue weighted by Gasteiger charge is -2.57. The highest BCUT2D eigenvalue weighted by Crippen LogP contribution is 2.64. The smallest absolute Gasteiger partial charge is 0.332 e. The molecular weight excluding hydrogens is 362 g/mol. The molecule has 2 N–H and O–H groups in total. The summed E-state index contributed by atoms with van der Waals surface area (Å²) >= 11 is 0. The van der Waals surface area contributed by atoms with E-state index >= 15 is 0 Å². The third-order valence-corrected chi connectivity index (χ3v) is 8.68. The van der Waals surface area contributed by atoms with E-state index in [0.717, 1.165) is 17.9 Å². The van der Waals surface area contributed by atoms with Gasteiger partial charge in [0.15, 0.2) is 0 Å². The Morgan fingerprint density at radius 3 is 2.52 bits per heavy atom. The third-order valence-electron chi connectivity index (χ3n) is 8.68. The molecule has 4 aliphatic rings. The third kappa shape index (κ3) is 3.37. The van der Waals surface area contributed by atoms with Crippen LogP contribution in [0, 0.1) is 34.5 Å². The lowest BCUT2D eigenvalue weighted by atomic mass is 9.48. The summed E-state index contributed by atoms with van der Waals surface area (Å²) in [4.78, 5) is 25.1. The first-order chi connectivity index (χ1) is 13.4. The maximum Gasteiger partial charge on any atom is 0.332 e. The first-order valence-corrected chi connectivity index (χ1v) is 11.4. The number of hydrogen-bond donors (Lipinski definition) is 2. The molecular formula is C25H37NO3. The van der Waals surface area contributed by atoms with Crippen LogP contribution in [-0.2, 0) is 9.59 Å². The van der Waals surface area contributed by atoms with Crippen molar-refractivity contribution in [1.29, 1.82) is 0 Å². The van der Waals surface area contributed by atoms with Gasteiger partial charge in [-0.25, -0.2) is 4.79 Å². The average molecular weight is 400 g/mol. The van der Waals surface area contributed by atoms with Gasteiger partial charge in [0.05, 0.1) is 5.92 Å². The Morgan fingerprint density at radius 1 is 1.14 bits per heavy atom. The molecule has 6 atom stereocenters. The van der Waals surface area contributed by atoms with Crippen LogP contribution < -0.4 is 5.32 Å². The second-order valence-electron chi connectivity index (χ2n) is 11.7. The minimum Gasteiger partial charge on any atom is -0.478 e. The second-order valence-corrected chi connectivity index (χ2v) is 11.7. The van der Waals surface area contributed by atoms with E-state index in [2.05, 4.69) is 25.2 Å². The Bertz CT molecular complexity index is 788. The van der Waals surface area contributed by atoms with Gasteiger partial charge in [-0.3, -0.25) is 4.79 Å².